The second-order valence-corrected chi connectivity index (χ2v) is 10.8. The van der Waals surface area contributed by atoms with Crippen LogP contribution in [0, 0.1) is 28.6 Å². The molecule has 0 radical (unpaired) electrons. The van der Waals surface area contributed by atoms with E-state index in [-0.39, 0.29) is 17.7 Å². The van der Waals surface area contributed by atoms with Crippen LogP contribution in [0.1, 0.15) is 64.2 Å². The number of benzene rings is 1. The highest BCUT2D eigenvalue weighted by molar-refractivity contribution is 6.01. The molecule has 4 rings (SSSR count). The number of esters is 1. The third-order valence-electron chi connectivity index (χ3n) is 6.18. The maximum absolute atomic E-state index is 13.1. The molecule has 0 spiro atoms. The number of carbonyl (C=O) groups excluding carboxylic acids is 2. The summed E-state index contributed by atoms with van der Waals surface area (Å²) in [4.78, 5) is 36.3. The first-order valence-electron chi connectivity index (χ1n) is 12.4. The largest absolute Gasteiger partial charge is 0.492 e. The van der Waals surface area contributed by atoms with Crippen molar-refractivity contribution in [3.63, 3.8) is 0 Å². The van der Waals surface area contributed by atoms with E-state index in [9.17, 15) is 14.9 Å². The Morgan fingerprint density at radius 3 is 2.69 bits per heavy atom. The maximum atomic E-state index is 13.1. The number of nitrogens with one attached hydrogen (secondary N) is 1. The smallest absolute Gasteiger partial charge is 0.342 e. The lowest BCUT2D eigenvalue weighted by atomic mass is 9.83. The van der Waals surface area contributed by atoms with Crippen LogP contribution in [0.3, 0.4) is 0 Å². The van der Waals surface area contributed by atoms with Gasteiger partial charge >= 0.3 is 5.97 Å². The lowest BCUT2D eigenvalue weighted by Gasteiger charge is -2.21. The van der Waals surface area contributed by atoms with Gasteiger partial charge in [-0.3, -0.25) is 9.69 Å². The Labute approximate surface area is 211 Å². The molecule has 1 aromatic carbocycles. The van der Waals surface area contributed by atoms with E-state index in [1.54, 1.807) is 35.4 Å². The molecule has 2 heterocycles. The summed E-state index contributed by atoms with van der Waals surface area (Å²) in [6.45, 7) is 10.4. The predicted molar refractivity (Wildman–Crippen MR) is 135 cm³/mol. The number of aromatic nitrogens is 2. The zero-order valence-corrected chi connectivity index (χ0v) is 21.5. The van der Waals surface area contributed by atoms with E-state index in [0.29, 0.717) is 48.3 Å². The number of hydrogen-bond donors (Lipinski definition) is 1. The fourth-order valence-corrected chi connectivity index (χ4v) is 4.27. The lowest BCUT2D eigenvalue weighted by molar-refractivity contribution is -0.123. The Morgan fingerprint density at radius 1 is 1.31 bits per heavy atom. The van der Waals surface area contributed by atoms with E-state index in [0.717, 1.165) is 12.8 Å². The molecule has 1 aliphatic carbocycles. The number of hydrogen-bond acceptors (Lipinski definition) is 8. The molecule has 9 heteroatoms. The van der Waals surface area contributed by atoms with Crippen LogP contribution in [0.5, 0.6) is 5.75 Å². The Hall–Kier alpha value is -3.67. The van der Waals surface area contributed by atoms with Crippen LogP contribution in [0.15, 0.2) is 30.5 Å². The zero-order chi connectivity index (χ0) is 26.1. The van der Waals surface area contributed by atoms with Crippen molar-refractivity contribution in [3.8, 4) is 11.8 Å². The fourth-order valence-electron chi connectivity index (χ4n) is 4.27. The molecule has 1 aliphatic heterocycles. The van der Waals surface area contributed by atoms with E-state index in [1.165, 1.54) is 0 Å². The molecule has 190 valence electrons. The van der Waals surface area contributed by atoms with Gasteiger partial charge < -0.3 is 14.8 Å². The predicted octanol–water partition coefficient (Wildman–Crippen LogP) is 4.87. The molecule has 2 fully saturated rings. The van der Waals surface area contributed by atoms with Crippen molar-refractivity contribution >= 4 is 29.3 Å². The summed E-state index contributed by atoms with van der Waals surface area (Å²) in [7, 11) is 0. The maximum Gasteiger partial charge on any atom is 0.342 e. The van der Waals surface area contributed by atoms with Gasteiger partial charge in [-0.1, -0.05) is 13.8 Å². The third kappa shape index (κ3) is 5.43. The van der Waals surface area contributed by atoms with Gasteiger partial charge in [0, 0.05) is 24.5 Å². The van der Waals surface area contributed by atoms with Crippen LogP contribution < -0.4 is 15.0 Å². The summed E-state index contributed by atoms with van der Waals surface area (Å²) in [6, 6.07) is 9.06. The number of anilines is 3. The van der Waals surface area contributed by atoms with Crippen LogP contribution >= 0.6 is 0 Å². The topological polar surface area (TPSA) is 117 Å². The van der Waals surface area contributed by atoms with Crippen molar-refractivity contribution in [2.24, 2.45) is 17.3 Å². The second kappa shape index (κ2) is 9.76. The SMILES string of the molecule is CC(C)COc1cc(Nc2nccc(N3CC[C@@](C#N)(C4CC4)C3=O)n2)ccc1C(=O)OC(C)(C)C. The summed E-state index contributed by atoms with van der Waals surface area (Å²) >= 11 is 0. The standard InChI is InChI=1S/C27H33N5O4/c1-17(2)15-35-21-14-19(8-9-20(21)23(33)36-26(3,4)5)30-25-29-12-10-22(31-25)32-13-11-27(16-28,24(32)34)18-6-7-18/h8-10,12,14,17-18H,6-7,11,13,15H2,1-5H3,(H,29,30,31)/t27-/m1/s1. The molecule has 2 aromatic rings. The molecule has 1 N–H and O–H groups in total. The summed E-state index contributed by atoms with van der Waals surface area (Å²) < 4.78 is 11.5. The van der Waals surface area contributed by atoms with Crippen LogP contribution in [-0.2, 0) is 9.53 Å². The zero-order valence-electron chi connectivity index (χ0n) is 21.5. The molecule has 0 unspecified atom stereocenters. The number of nitrogens with zero attached hydrogens (tertiary/aromatic N) is 4. The Balaban J connectivity index is 1.55. The molecule has 1 saturated heterocycles. The van der Waals surface area contributed by atoms with Gasteiger partial charge in [0.25, 0.3) is 0 Å². The first kappa shape index (κ1) is 25.4. The van der Waals surface area contributed by atoms with Crippen LogP contribution in [0.4, 0.5) is 17.5 Å². The van der Waals surface area contributed by atoms with Crippen molar-refractivity contribution in [1.82, 2.24) is 9.97 Å². The van der Waals surface area contributed by atoms with E-state index >= 15 is 0 Å². The van der Waals surface area contributed by atoms with Crippen LogP contribution in [-0.4, -0.2) is 40.6 Å². The molecular formula is C27H33N5O4. The van der Waals surface area contributed by atoms with Crippen molar-refractivity contribution in [1.29, 1.82) is 5.26 Å². The van der Waals surface area contributed by atoms with Crippen LogP contribution in [0.25, 0.3) is 0 Å². The Kier molecular flexibility index (Phi) is 6.90. The minimum Gasteiger partial charge on any atom is -0.492 e. The van der Waals surface area contributed by atoms with Crippen molar-refractivity contribution in [2.75, 3.05) is 23.4 Å². The molecular weight excluding hydrogens is 458 g/mol. The normalized spacial score (nSPS) is 19.8. The Morgan fingerprint density at radius 2 is 2.06 bits per heavy atom. The van der Waals surface area contributed by atoms with E-state index in [4.69, 9.17) is 9.47 Å². The summed E-state index contributed by atoms with van der Waals surface area (Å²) in [5, 5.41) is 12.9. The van der Waals surface area contributed by atoms with Gasteiger partial charge in [0.15, 0.2) is 0 Å². The Bertz CT molecular complexity index is 1200. The molecule has 1 atom stereocenters. The summed E-state index contributed by atoms with van der Waals surface area (Å²) in [6.07, 6.45) is 3.93. The average Bonchev–Trinajstić information content (AvgIpc) is 3.60. The minimum absolute atomic E-state index is 0.146. The molecule has 1 aromatic heterocycles. The van der Waals surface area contributed by atoms with Gasteiger partial charge in [0.2, 0.25) is 11.9 Å². The fraction of sp³-hybridized carbons (Fsp3) is 0.519. The summed E-state index contributed by atoms with van der Waals surface area (Å²) in [5.41, 5.74) is -0.608. The highest BCUT2D eigenvalue weighted by Gasteiger charge is 2.57. The molecule has 2 aliphatic rings. The molecule has 1 saturated carbocycles. The van der Waals surface area contributed by atoms with Gasteiger partial charge in [-0.05, 0) is 70.1 Å². The second-order valence-electron chi connectivity index (χ2n) is 10.8. The average molecular weight is 492 g/mol. The van der Waals surface area contributed by atoms with Crippen molar-refractivity contribution in [3.05, 3.63) is 36.0 Å². The lowest BCUT2D eigenvalue weighted by Crippen LogP contribution is -2.35. The quantitative estimate of drug-likeness (QED) is 0.520. The van der Waals surface area contributed by atoms with E-state index in [1.807, 2.05) is 34.6 Å². The first-order chi connectivity index (χ1) is 17.0. The highest BCUT2D eigenvalue weighted by atomic mass is 16.6. The molecule has 0 bridgehead atoms. The number of carbonyl (C=O) groups is 2. The number of amides is 1. The van der Waals surface area contributed by atoms with Gasteiger partial charge in [0.1, 0.15) is 28.1 Å². The van der Waals surface area contributed by atoms with Gasteiger partial charge in [-0.15, -0.1) is 0 Å². The van der Waals surface area contributed by atoms with E-state index in [2.05, 4.69) is 21.4 Å². The number of rotatable bonds is 8. The molecule has 1 amide bonds. The van der Waals surface area contributed by atoms with Gasteiger partial charge in [-0.2, -0.15) is 10.2 Å². The van der Waals surface area contributed by atoms with Gasteiger partial charge in [-0.25, -0.2) is 9.78 Å². The van der Waals surface area contributed by atoms with E-state index < -0.39 is 17.0 Å². The molecule has 9 nitrogen and oxygen atoms in total. The molecule has 36 heavy (non-hydrogen) atoms. The number of nitriles is 1. The summed E-state index contributed by atoms with van der Waals surface area (Å²) in [5.74, 6) is 0.919. The van der Waals surface area contributed by atoms with Crippen molar-refractivity contribution < 1.29 is 19.1 Å². The van der Waals surface area contributed by atoms with Gasteiger partial charge in [0.05, 0.1) is 12.7 Å². The third-order valence-corrected chi connectivity index (χ3v) is 6.18. The van der Waals surface area contributed by atoms with Crippen LogP contribution in [0.2, 0.25) is 0 Å². The first-order valence-corrected chi connectivity index (χ1v) is 12.4. The highest BCUT2D eigenvalue weighted by Crippen LogP contribution is 2.51. The monoisotopic (exact) mass is 491 g/mol. The number of ether oxygens (including phenoxy) is 2. The minimum atomic E-state index is -0.932. The van der Waals surface area contributed by atoms with Crippen molar-refractivity contribution in [2.45, 2.75) is 59.5 Å².